The second-order valence-electron chi connectivity index (χ2n) is 4.22. The molecule has 0 unspecified atom stereocenters. The molecular weight excluding hydrogens is 264 g/mol. The standard InChI is InChI=1S/C12H14N4S2/c1-17-12-14-6-9-7-16(4-2-10(9)15-12)8-11-13-3-5-18-11/h3,5-6H,2,4,7-8H2,1H3. The Morgan fingerprint density at radius 1 is 1.44 bits per heavy atom. The fourth-order valence-electron chi connectivity index (χ4n) is 2.11. The molecule has 0 amide bonds. The van der Waals surface area contributed by atoms with Crippen molar-refractivity contribution < 1.29 is 0 Å². The van der Waals surface area contributed by atoms with Crippen molar-refractivity contribution in [2.45, 2.75) is 24.7 Å². The van der Waals surface area contributed by atoms with Gasteiger partial charge in [-0.05, 0) is 6.26 Å². The summed E-state index contributed by atoms with van der Waals surface area (Å²) in [5.74, 6) is 0. The molecule has 4 nitrogen and oxygen atoms in total. The summed E-state index contributed by atoms with van der Waals surface area (Å²) >= 11 is 3.32. The molecule has 2 aromatic rings. The second-order valence-corrected chi connectivity index (χ2v) is 5.97. The van der Waals surface area contributed by atoms with Gasteiger partial charge in [-0.25, -0.2) is 15.0 Å². The predicted molar refractivity (Wildman–Crippen MR) is 73.7 cm³/mol. The molecule has 1 aliphatic heterocycles. The van der Waals surface area contributed by atoms with Crippen molar-refractivity contribution in [3.63, 3.8) is 0 Å². The van der Waals surface area contributed by atoms with Gasteiger partial charge < -0.3 is 0 Å². The molecule has 0 radical (unpaired) electrons. The first-order valence-electron chi connectivity index (χ1n) is 5.84. The van der Waals surface area contributed by atoms with Crippen LogP contribution in [0.3, 0.4) is 0 Å². The maximum atomic E-state index is 4.58. The summed E-state index contributed by atoms with van der Waals surface area (Å²) in [4.78, 5) is 15.7. The molecule has 0 aromatic carbocycles. The quantitative estimate of drug-likeness (QED) is 0.636. The molecule has 18 heavy (non-hydrogen) atoms. The topological polar surface area (TPSA) is 41.9 Å². The Morgan fingerprint density at radius 2 is 2.39 bits per heavy atom. The average Bonchev–Trinajstić information content (AvgIpc) is 2.91. The molecule has 1 aliphatic rings. The van der Waals surface area contributed by atoms with E-state index in [0.717, 1.165) is 31.2 Å². The van der Waals surface area contributed by atoms with Crippen LogP contribution in [0.1, 0.15) is 16.3 Å². The van der Waals surface area contributed by atoms with Crippen LogP contribution in [0.2, 0.25) is 0 Å². The van der Waals surface area contributed by atoms with Crippen LogP contribution in [0.15, 0.2) is 22.9 Å². The van der Waals surface area contributed by atoms with E-state index in [-0.39, 0.29) is 0 Å². The highest BCUT2D eigenvalue weighted by atomic mass is 32.2. The van der Waals surface area contributed by atoms with Gasteiger partial charge in [0.25, 0.3) is 0 Å². The van der Waals surface area contributed by atoms with E-state index in [0.29, 0.717) is 0 Å². The Hall–Kier alpha value is -0.980. The largest absolute Gasteiger partial charge is 0.292 e. The molecule has 3 rings (SSSR count). The normalized spacial score (nSPS) is 15.6. The SMILES string of the molecule is CSc1ncc2c(n1)CCN(Cc1nccs1)C2. The van der Waals surface area contributed by atoms with Gasteiger partial charge in [-0.3, -0.25) is 4.90 Å². The molecule has 0 fully saturated rings. The van der Waals surface area contributed by atoms with Gasteiger partial charge in [-0.15, -0.1) is 11.3 Å². The Balaban J connectivity index is 1.73. The van der Waals surface area contributed by atoms with Crippen molar-refractivity contribution in [2.75, 3.05) is 12.8 Å². The Kier molecular flexibility index (Phi) is 3.58. The monoisotopic (exact) mass is 278 g/mol. The van der Waals surface area contributed by atoms with Crippen molar-refractivity contribution in [3.05, 3.63) is 34.0 Å². The summed E-state index contributed by atoms with van der Waals surface area (Å²) in [5.41, 5.74) is 2.47. The number of nitrogens with zero attached hydrogens (tertiary/aromatic N) is 4. The summed E-state index contributed by atoms with van der Waals surface area (Å²) in [6.45, 7) is 2.92. The molecule has 0 spiro atoms. The van der Waals surface area contributed by atoms with Crippen LogP contribution >= 0.6 is 23.1 Å². The van der Waals surface area contributed by atoms with Crippen LogP contribution < -0.4 is 0 Å². The smallest absolute Gasteiger partial charge is 0.187 e. The number of aromatic nitrogens is 3. The minimum atomic E-state index is 0.877. The van der Waals surface area contributed by atoms with Gasteiger partial charge in [-0.2, -0.15) is 0 Å². The zero-order valence-electron chi connectivity index (χ0n) is 10.2. The molecule has 0 aliphatic carbocycles. The zero-order chi connectivity index (χ0) is 12.4. The van der Waals surface area contributed by atoms with Gasteiger partial charge in [0.05, 0.1) is 12.2 Å². The lowest BCUT2D eigenvalue weighted by molar-refractivity contribution is 0.242. The predicted octanol–water partition coefficient (Wildman–Crippen LogP) is 2.21. The van der Waals surface area contributed by atoms with E-state index < -0.39 is 0 Å². The maximum absolute atomic E-state index is 4.58. The number of fused-ring (bicyclic) bond motifs is 1. The molecule has 94 valence electrons. The fraction of sp³-hybridized carbons (Fsp3) is 0.417. The molecule has 0 saturated heterocycles. The van der Waals surface area contributed by atoms with E-state index >= 15 is 0 Å². The van der Waals surface area contributed by atoms with Crippen molar-refractivity contribution in [1.29, 1.82) is 0 Å². The van der Waals surface area contributed by atoms with E-state index in [1.807, 2.05) is 24.0 Å². The lowest BCUT2D eigenvalue weighted by atomic mass is 10.1. The summed E-state index contributed by atoms with van der Waals surface area (Å²) in [6.07, 6.45) is 6.87. The number of thioether (sulfide) groups is 1. The van der Waals surface area contributed by atoms with Crippen LogP contribution in [-0.4, -0.2) is 32.7 Å². The van der Waals surface area contributed by atoms with Crippen LogP contribution in [0.4, 0.5) is 0 Å². The van der Waals surface area contributed by atoms with Crippen molar-refractivity contribution in [3.8, 4) is 0 Å². The molecule has 0 saturated carbocycles. The number of thiazole rings is 1. The lowest BCUT2D eigenvalue weighted by Gasteiger charge is -2.27. The van der Waals surface area contributed by atoms with E-state index in [1.54, 1.807) is 23.1 Å². The third kappa shape index (κ3) is 2.55. The van der Waals surface area contributed by atoms with Crippen LogP contribution in [0, 0.1) is 0 Å². The highest BCUT2D eigenvalue weighted by molar-refractivity contribution is 7.98. The van der Waals surface area contributed by atoms with Gasteiger partial charge in [0.2, 0.25) is 0 Å². The molecule has 0 N–H and O–H groups in total. The zero-order valence-corrected chi connectivity index (χ0v) is 11.8. The van der Waals surface area contributed by atoms with E-state index in [1.165, 1.54) is 16.3 Å². The number of hydrogen-bond donors (Lipinski definition) is 0. The van der Waals surface area contributed by atoms with Gasteiger partial charge in [0.1, 0.15) is 5.01 Å². The molecule has 0 atom stereocenters. The summed E-state index contributed by atoms with van der Waals surface area (Å²) in [5, 5.41) is 4.09. The third-order valence-electron chi connectivity index (χ3n) is 3.02. The highest BCUT2D eigenvalue weighted by Gasteiger charge is 2.18. The highest BCUT2D eigenvalue weighted by Crippen LogP contribution is 2.20. The minimum absolute atomic E-state index is 0.877. The molecule has 2 aromatic heterocycles. The molecular formula is C12H14N4S2. The first kappa shape index (κ1) is 12.1. The molecule has 6 heteroatoms. The Morgan fingerprint density at radius 3 is 3.17 bits per heavy atom. The lowest BCUT2D eigenvalue weighted by Crippen LogP contribution is -2.30. The minimum Gasteiger partial charge on any atom is -0.292 e. The van der Waals surface area contributed by atoms with E-state index in [2.05, 4.69) is 19.9 Å². The van der Waals surface area contributed by atoms with Crippen molar-refractivity contribution >= 4 is 23.1 Å². The summed E-state index contributed by atoms with van der Waals surface area (Å²) in [7, 11) is 0. The summed E-state index contributed by atoms with van der Waals surface area (Å²) in [6, 6.07) is 0. The second kappa shape index (κ2) is 5.34. The third-order valence-corrected chi connectivity index (χ3v) is 4.34. The number of rotatable bonds is 3. The molecule has 3 heterocycles. The van der Waals surface area contributed by atoms with Crippen LogP contribution in [0.25, 0.3) is 0 Å². The maximum Gasteiger partial charge on any atom is 0.187 e. The van der Waals surface area contributed by atoms with Gasteiger partial charge in [0, 0.05) is 42.8 Å². The summed E-state index contributed by atoms with van der Waals surface area (Å²) < 4.78 is 0. The Bertz CT molecular complexity index is 527. The van der Waals surface area contributed by atoms with Crippen molar-refractivity contribution in [1.82, 2.24) is 19.9 Å². The van der Waals surface area contributed by atoms with Crippen LogP contribution in [0.5, 0.6) is 0 Å². The van der Waals surface area contributed by atoms with E-state index in [4.69, 9.17) is 0 Å². The van der Waals surface area contributed by atoms with Gasteiger partial charge >= 0.3 is 0 Å². The first-order valence-corrected chi connectivity index (χ1v) is 7.95. The average molecular weight is 278 g/mol. The van der Waals surface area contributed by atoms with Crippen LogP contribution in [-0.2, 0) is 19.5 Å². The Labute approximate surface area is 114 Å². The van der Waals surface area contributed by atoms with Gasteiger partial charge in [0.15, 0.2) is 5.16 Å². The van der Waals surface area contributed by atoms with E-state index in [9.17, 15) is 0 Å². The molecule has 0 bridgehead atoms. The number of hydrogen-bond acceptors (Lipinski definition) is 6. The van der Waals surface area contributed by atoms with Gasteiger partial charge in [-0.1, -0.05) is 11.8 Å². The fourth-order valence-corrected chi connectivity index (χ4v) is 3.13. The first-order chi connectivity index (χ1) is 8.85. The van der Waals surface area contributed by atoms with Crippen molar-refractivity contribution in [2.24, 2.45) is 0 Å².